The molecule has 0 fully saturated rings. The zero-order valence-corrected chi connectivity index (χ0v) is 12.4. The normalized spacial score (nSPS) is 12.5. The molecule has 0 aliphatic rings. The molecule has 0 aliphatic heterocycles. The lowest BCUT2D eigenvalue weighted by atomic mass is 9.93. The van der Waals surface area contributed by atoms with Gasteiger partial charge < -0.3 is 10.6 Å². The minimum absolute atomic E-state index is 0.109. The maximum Gasteiger partial charge on any atom is 0.202 e. The Morgan fingerprint density at radius 1 is 1.37 bits per heavy atom. The number of nitrogens with two attached hydrogens (primary N) is 1. The van der Waals surface area contributed by atoms with Crippen molar-refractivity contribution in [2.45, 2.75) is 27.3 Å². The van der Waals surface area contributed by atoms with Crippen molar-refractivity contribution in [3.8, 4) is 0 Å². The Morgan fingerprint density at radius 2 is 2.05 bits per heavy atom. The van der Waals surface area contributed by atoms with Crippen molar-refractivity contribution in [1.82, 2.24) is 19.4 Å². The van der Waals surface area contributed by atoms with Crippen molar-refractivity contribution in [3.05, 3.63) is 17.8 Å². The number of nitrogen functional groups attached to an aromatic ring is 1. The van der Waals surface area contributed by atoms with Crippen LogP contribution >= 0.6 is 0 Å². The van der Waals surface area contributed by atoms with Gasteiger partial charge in [0.2, 0.25) is 5.95 Å². The van der Waals surface area contributed by atoms with Crippen LogP contribution in [0.15, 0.2) is 12.3 Å². The Labute approximate surface area is 114 Å². The van der Waals surface area contributed by atoms with Gasteiger partial charge >= 0.3 is 0 Å². The van der Waals surface area contributed by atoms with E-state index in [4.69, 9.17) is 5.73 Å². The summed E-state index contributed by atoms with van der Waals surface area (Å²) in [5, 5.41) is 0. The summed E-state index contributed by atoms with van der Waals surface area (Å²) >= 11 is 0. The van der Waals surface area contributed by atoms with E-state index in [1.807, 2.05) is 23.8 Å². The van der Waals surface area contributed by atoms with Gasteiger partial charge in [0.1, 0.15) is 5.52 Å². The molecule has 0 spiro atoms. The summed E-state index contributed by atoms with van der Waals surface area (Å²) in [6.45, 7) is 8.26. The summed E-state index contributed by atoms with van der Waals surface area (Å²) < 4.78 is 2.01. The summed E-state index contributed by atoms with van der Waals surface area (Å²) in [4.78, 5) is 11.1. The number of pyridine rings is 1. The average Bonchev–Trinajstić information content (AvgIpc) is 2.52. The van der Waals surface area contributed by atoms with E-state index in [9.17, 15) is 0 Å². The van der Waals surface area contributed by atoms with Gasteiger partial charge in [-0.3, -0.25) is 4.57 Å². The predicted octanol–water partition coefficient (Wildman–Crippen LogP) is 1.91. The molecule has 0 atom stereocenters. The summed E-state index contributed by atoms with van der Waals surface area (Å²) in [6, 6.07) is 2.02. The maximum absolute atomic E-state index is 6.04. The molecule has 2 N–H and O–H groups in total. The fourth-order valence-corrected chi connectivity index (χ4v) is 2.62. The highest BCUT2D eigenvalue weighted by Gasteiger charge is 2.22. The van der Waals surface area contributed by atoms with Crippen LogP contribution < -0.4 is 5.73 Å². The standard InChI is InChI=1S/C14H23N5/c1-10-6-11-12(16-7-10)19(13(15)17-11)9-14(2,3)8-18(4)5/h6-7H,8-9H2,1-5H3,(H2,15,17). The highest BCUT2D eigenvalue weighted by Crippen LogP contribution is 2.24. The number of aryl methyl sites for hydroxylation is 1. The molecule has 0 aliphatic carbocycles. The number of hydrogen-bond donors (Lipinski definition) is 1. The first kappa shape index (κ1) is 13.8. The first-order valence-corrected chi connectivity index (χ1v) is 6.51. The lowest BCUT2D eigenvalue weighted by Gasteiger charge is -2.29. The van der Waals surface area contributed by atoms with Gasteiger partial charge in [0.05, 0.1) is 0 Å². The van der Waals surface area contributed by atoms with E-state index in [2.05, 4.69) is 42.8 Å². The van der Waals surface area contributed by atoms with Gasteiger partial charge in [0.25, 0.3) is 0 Å². The van der Waals surface area contributed by atoms with Crippen molar-refractivity contribution in [2.24, 2.45) is 5.41 Å². The highest BCUT2D eigenvalue weighted by atomic mass is 15.2. The van der Waals surface area contributed by atoms with Gasteiger partial charge in [0, 0.05) is 19.3 Å². The van der Waals surface area contributed by atoms with E-state index < -0.39 is 0 Å². The third-order valence-corrected chi connectivity index (χ3v) is 3.08. The number of anilines is 1. The van der Waals surface area contributed by atoms with Crippen molar-refractivity contribution in [3.63, 3.8) is 0 Å². The zero-order chi connectivity index (χ0) is 14.2. The molecule has 104 valence electrons. The number of fused-ring (bicyclic) bond motifs is 1. The van der Waals surface area contributed by atoms with Crippen LogP contribution in [0.3, 0.4) is 0 Å². The van der Waals surface area contributed by atoms with Crippen molar-refractivity contribution in [2.75, 3.05) is 26.4 Å². The predicted molar refractivity (Wildman–Crippen MR) is 79.0 cm³/mol. The molecule has 2 aromatic rings. The summed E-state index contributed by atoms with van der Waals surface area (Å²) in [5.74, 6) is 0.542. The summed E-state index contributed by atoms with van der Waals surface area (Å²) in [6.07, 6.45) is 1.86. The molecule has 2 heterocycles. The van der Waals surface area contributed by atoms with Crippen molar-refractivity contribution < 1.29 is 0 Å². The molecule has 2 rings (SSSR count). The Kier molecular flexibility index (Phi) is 3.49. The first-order valence-electron chi connectivity index (χ1n) is 6.51. The number of imidazole rings is 1. The molecule has 0 aromatic carbocycles. The van der Waals surface area contributed by atoms with Crippen LogP contribution in [0.25, 0.3) is 11.2 Å². The van der Waals surface area contributed by atoms with Gasteiger partial charge in [-0.1, -0.05) is 13.8 Å². The Bertz CT molecular complexity index is 583. The molecule has 0 bridgehead atoms. The SMILES string of the molecule is Cc1cnc2c(c1)nc(N)n2CC(C)(C)CN(C)C. The number of hydrogen-bond acceptors (Lipinski definition) is 4. The molecule has 2 aromatic heterocycles. The van der Waals surface area contributed by atoms with E-state index in [1.54, 1.807) is 0 Å². The van der Waals surface area contributed by atoms with Crippen LogP contribution in [0.4, 0.5) is 5.95 Å². The fourth-order valence-electron chi connectivity index (χ4n) is 2.62. The van der Waals surface area contributed by atoms with Gasteiger partial charge in [-0.2, -0.15) is 0 Å². The molecular weight excluding hydrogens is 238 g/mol. The molecule has 19 heavy (non-hydrogen) atoms. The van der Waals surface area contributed by atoms with E-state index in [0.717, 1.165) is 29.8 Å². The van der Waals surface area contributed by atoms with Crippen LogP contribution in [0, 0.1) is 12.3 Å². The molecule has 0 radical (unpaired) electrons. The maximum atomic E-state index is 6.04. The molecule has 0 unspecified atom stereocenters. The molecule has 0 saturated heterocycles. The Morgan fingerprint density at radius 3 is 2.68 bits per heavy atom. The third-order valence-electron chi connectivity index (χ3n) is 3.08. The molecule has 0 saturated carbocycles. The number of nitrogens with zero attached hydrogens (tertiary/aromatic N) is 4. The number of rotatable bonds is 4. The van der Waals surface area contributed by atoms with E-state index in [-0.39, 0.29) is 5.41 Å². The lowest BCUT2D eigenvalue weighted by molar-refractivity contribution is 0.214. The minimum atomic E-state index is 0.109. The first-order chi connectivity index (χ1) is 8.78. The molecule has 5 heteroatoms. The second-order valence-corrected chi connectivity index (χ2v) is 6.31. The van der Waals surface area contributed by atoms with E-state index in [1.165, 1.54) is 0 Å². The van der Waals surface area contributed by atoms with Gasteiger partial charge in [0.15, 0.2) is 5.65 Å². The summed E-state index contributed by atoms with van der Waals surface area (Å²) in [5.41, 5.74) is 8.99. The van der Waals surface area contributed by atoms with Gasteiger partial charge in [-0.15, -0.1) is 0 Å². The van der Waals surface area contributed by atoms with E-state index >= 15 is 0 Å². The van der Waals surface area contributed by atoms with Crippen LogP contribution in [-0.4, -0.2) is 40.1 Å². The molecule has 5 nitrogen and oxygen atoms in total. The fraction of sp³-hybridized carbons (Fsp3) is 0.571. The Hall–Kier alpha value is -1.62. The zero-order valence-electron chi connectivity index (χ0n) is 12.4. The van der Waals surface area contributed by atoms with Crippen LogP contribution in [0.2, 0.25) is 0 Å². The monoisotopic (exact) mass is 261 g/mol. The van der Waals surface area contributed by atoms with E-state index in [0.29, 0.717) is 5.95 Å². The van der Waals surface area contributed by atoms with Gasteiger partial charge in [-0.05, 0) is 38.1 Å². The summed E-state index contributed by atoms with van der Waals surface area (Å²) in [7, 11) is 4.16. The van der Waals surface area contributed by atoms with Crippen LogP contribution in [0.1, 0.15) is 19.4 Å². The molecular formula is C14H23N5. The largest absolute Gasteiger partial charge is 0.369 e. The Balaban J connectivity index is 2.37. The topological polar surface area (TPSA) is 60.0 Å². The smallest absolute Gasteiger partial charge is 0.202 e. The van der Waals surface area contributed by atoms with Crippen LogP contribution in [0.5, 0.6) is 0 Å². The number of aromatic nitrogens is 3. The van der Waals surface area contributed by atoms with Gasteiger partial charge in [-0.25, -0.2) is 9.97 Å². The van der Waals surface area contributed by atoms with Crippen LogP contribution in [-0.2, 0) is 6.54 Å². The molecule has 0 amide bonds. The minimum Gasteiger partial charge on any atom is -0.369 e. The van der Waals surface area contributed by atoms with Crippen molar-refractivity contribution >= 4 is 17.1 Å². The average molecular weight is 261 g/mol. The second-order valence-electron chi connectivity index (χ2n) is 6.31. The quantitative estimate of drug-likeness (QED) is 0.913. The third kappa shape index (κ3) is 3.04. The lowest BCUT2D eigenvalue weighted by Crippen LogP contribution is -2.32. The highest BCUT2D eigenvalue weighted by molar-refractivity contribution is 5.74. The second kappa shape index (κ2) is 4.81. The van der Waals surface area contributed by atoms with Crippen molar-refractivity contribution in [1.29, 1.82) is 0 Å².